The van der Waals surface area contributed by atoms with E-state index in [0.717, 1.165) is 16.3 Å². The molecule has 3 aromatic rings. The highest BCUT2D eigenvalue weighted by molar-refractivity contribution is 7.89. The summed E-state index contributed by atoms with van der Waals surface area (Å²) in [5.41, 5.74) is 1.58. The van der Waals surface area contributed by atoms with Crippen LogP contribution in [0.15, 0.2) is 71.6 Å². The Morgan fingerprint density at radius 2 is 1.59 bits per heavy atom. The summed E-state index contributed by atoms with van der Waals surface area (Å²) in [4.78, 5) is 23.9. The molecule has 0 fully saturated rings. The maximum atomic E-state index is 12.6. The minimum absolute atomic E-state index is 0.00427. The van der Waals surface area contributed by atoms with Gasteiger partial charge >= 0.3 is 0 Å². The first-order valence-corrected chi connectivity index (χ1v) is 11.9. The van der Waals surface area contributed by atoms with E-state index in [1.807, 2.05) is 43.3 Å². The number of fused-ring (bicyclic) bond motifs is 1. The van der Waals surface area contributed by atoms with Gasteiger partial charge in [-0.25, -0.2) is 13.1 Å². The van der Waals surface area contributed by atoms with E-state index in [9.17, 15) is 18.0 Å². The van der Waals surface area contributed by atoms with Crippen LogP contribution in [-0.4, -0.2) is 26.8 Å². The third-order valence-corrected chi connectivity index (χ3v) is 6.53. The number of benzene rings is 3. The SMILES string of the molecule is CCC(=O)Nc1ccc(C(C)NC(=O)CCNS(=O)(=O)c2ccc3ccccc3c2)cc1. The van der Waals surface area contributed by atoms with Crippen LogP contribution >= 0.6 is 0 Å². The van der Waals surface area contributed by atoms with Crippen molar-refractivity contribution in [2.24, 2.45) is 0 Å². The molecule has 0 saturated heterocycles. The molecule has 0 heterocycles. The Morgan fingerprint density at radius 1 is 0.906 bits per heavy atom. The summed E-state index contributed by atoms with van der Waals surface area (Å²) in [6.07, 6.45) is 0.417. The summed E-state index contributed by atoms with van der Waals surface area (Å²) in [6.45, 7) is 3.62. The molecule has 32 heavy (non-hydrogen) atoms. The Hall–Kier alpha value is -3.23. The fourth-order valence-electron chi connectivity index (χ4n) is 3.22. The summed E-state index contributed by atoms with van der Waals surface area (Å²) in [5.74, 6) is -0.327. The van der Waals surface area contributed by atoms with Gasteiger partial charge in [-0.1, -0.05) is 49.4 Å². The summed E-state index contributed by atoms with van der Waals surface area (Å²) in [6, 6.07) is 19.4. The molecule has 0 radical (unpaired) electrons. The summed E-state index contributed by atoms with van der Waals surface area (Å²) in [5, 5.41) is 7.42. The molecule has 2 amide bonds. The van der Waals surface area contributed by atoms with Gasteiger partial charge < -0.3 is 10.6 Å². The Labute approximate surface area is 188 Å². The van der Waals surface area contributed by atoms with Crippen LogP contribution in [0, 0.1) is 0 Å². The summed E-state index contributed by atoms with van der Waals surface area (Å²) >= 11 is 0. The number of hydrogen-bond donors (Lipinski definition) is 3. The smallest absolute Gasteiger partial charge is 0.240 e. The molecule has 168 valence electrons. The monoisotopic (exact) mass is 453 g/mol. The summed E-state index contributed by atoms with van der Waals surface area (Å²) in [7, 11) is -3.71. The van der Waals surface area contributed by atoms with Crippen molar-refractivity contribution in [3.63, 3.8) is 0 Å². The van der Waals surface area contributed by atoms with Crippen molar-refractivity contribution in [2.75, 3.05) is 11.9 Å². The molecule has 1 atom stereocenters. The van der Waals surface area contributed by atoms with Gasteiger partial charge in [0.1, 0.15) is 0 Å². The van der Waals surface area contributed by atoms with Crippen LogP contribution in [0.2, 0.25) is 0 Å². The minimum Gasteiger partial charge on any atom is -0.350 e. The largest absolute Gasteiger partial charge is 0.350 e. The standard InChI is InChI=1S/C24H27N3O4S/c1-3-23(28)27-21-11-8-18(9-12-21)17(2)26-24(29)14-15-25-32(30,31)22-13-10-19-6-4-5-7-20(19)16-22/h4-13,16-17,25H,3,14-15H2,1-2H3,(H,26,29)(H,27,28). The van der Waals surface area contributed by atoms with Crippen LogP contribution in [0.5, 0.6) is 0 Å². The van der Waals surface area contributed by atoms with Crippen molar-refractivity contribution < 1.29 is 18.0 Å². The zero-order chi connectivity index (χ0) is 23.1. The van der Waals surface area contributed by atoms with Crippen LogP contribution in [0.25, 0.3) is 10.8 Å². The molecule has 0 aliphatic rings. The zero-order valence-corrected chi connectivity index (χ0v) is 18.9. The van der Waals surface area contributed by atoms with Crippen molar-refractivity contribution in [2.45, 2.75) is 37.6 Å². The van der Waals surface area contributed by atoms with Crippen molar-refractivity contribution in [1.29, 1.82) is 0 Å². The lowest BCUT2D eigenvalue weighted by atomic mass is 10.1. The van der Waals surface area contributed by atoms with Crippen LogP contribution in [0.3, 0.4) is 0 Å². The Balaban J connectivity index is 1.51. The van der Waals surface area contributed by atoms with Gasteiger partial charge in [-0.05, 0) is 47.5 Å². The van der Waals surface area contributed by atoms with E-state index >= 15 is 0 Å². The molecule has 1 unspecified atom stereocenters. The summed E-state index contributed by atoms with van der Waals surface area (Å²) < 4.78 is 27.6. The quantitative estimate of drug-likeness (QED) is 0.459. The number of carbonyl (C=O) groups is 2. The van der Waals surface area contributed by atoms with Gasteiger partial charge in [0.25, 0.3) is 0 Å². The predicted molar refractivity (Wildman–Crippen MR) is 126 cm³/mol. The molecule has 0 aromatic heterocycles. The topological polar surface area (TPSA) is 104 Å². The molecule has 3 rings (SSSR count). The Morgan fingerprint density at radius 3 is 2.28 bits per heavy atom. The molecule has 8 heteroatoms. The fourth-order valence-corrected chi connectivity index (χ4v) is 4.29. The van der Waals surface area contributed by atoms with Gasteiger partial charge in [-0.2, -0.15) is 0 Å². The third-order valence-electron chi connectivity index (χ3n) is 5.07. The van der Waals surface area contributed by atoms with Crippen molar-refractivity contribution in [1.82, 2.24) is 10.0 Å². The number of nitrogens with one attached hydrogen (secondary N) is 3. The maximum Gasteiger partial charge on any atom is 0.240 e. The normalized spacial score (nSPS) is 12.3. The van der Waals surface area contributed by atoms with Crippen LogP contribution in [0.4, 0.5) is 5.69 Å². The van der Waals surface area contributed by atoms with E-state index in [4.69, 9.17) is 0 Å². The lowest BCUT2D eigenvalue weighted by Crippen LogP contribution is -2.32. The van der Waals surface area contributed by atoms with Crippen molar-refractivity contribution in [3.05, 3.63) is 72.3 Å². The van der Waals surface area contributed by atoms with Crippen LogP contribution in [0.1, 0.15) is 38.3 Å². The maximum absolute atomic E-state index is 12.6. The van der Waals surface area contributed by atoms with Gasteiger partial charge in [-0.3, -0.25) is 9.59 Å². The second kappa shape index (κ2) is 10.4. The minimum atomic E-state index is -3.71. The van der Waals surface area contributed by atoms with Gasteiger partial charge in [0.15, 0.2) is 0 Å². The van der Waals surface area contributed by atoms with Crippen LogP contribution < -0.4 is 15.4 Å². The van der Waals surface area contributed by atoms with E-state index in [2.05, 4.69) is 15.4 Å². The Kier molecular flexibility index (Phi) is 7.61. The van der Waals surface area contributed by atoms with Crippen molar-refractivity contribution >= 4 is 38.3 Å². The molecule has 3 N–H and O–H groups in total. The highest BCUT2D eigenvalue weighted by Gasteiger charge is 2.16. The molecular weight excluding hydrogens is 426 g/mol. The van der Waals surface area contributed by atoms with Gasteiger partial charge in [0, 0.05) is 25.1 Å². The van der Waals surface area contributed by atoms with Gasteiger partial charge in [0.2, 0.25) is 21.8 Å². The second-order valence-corrected chi connectivity index (χ2v) is 9.24. The molecular formula is C24H27N3O4S. The van der Waals surface area contributed by atoms with Crippen LogP contribution in [-0.2, 0) is 19.6 Å². The number of amides is 2. The first kappa shape index (κ1) is 23.4. The van der Waals surface area contributed by atoms with Gasteiger partial charge in [-0.15, -0.1) is 0 Å². The highest BCUT2D eigenvalue weighted by atomic mass is 32.2. The predicted octanol–water partition coefficient (Wildman–Crippen LogP) is 3.73. The van der Waals surface area contributed by atoms with Crippen molar-refractivity contribution in [3.8, 4) is 0 Å². The lowest BCUT2D eigenvalue weighted by Gasteiger charge is -2.15. The average molecular weight is 454 g/mol. The lowest BCUT2D eigenvalue weighted by molar-refractivity contribution is -0.121. The molecule has 0 aliphatic carbocycles. The molecule has 7 nitrogen and oxygen atoms in total. The number of carbonyl (C=O) groups excluding carboxylic acids is 2. The molecule has 0 aliphatic heterocycles. The second-order valence-electron chi connectivity index (χ2n) is 7.47. The number of anilines is 1. The molecule has 0 bridgehead atoms. The van der Waals surface area contributed by atoms with Gasteiger partial charge in [0.05, 0.1) is 10.9 Å². The Bertz CT molecular complexity index is 1210. The zero-order valence-electron chi connectivity index (χ0n) is 18.1. The van der Waals surface area contributed by atoms with E-state index in [1.54, 1.807) is 37.3 Å². The molecule has 3 aromatic carbocycles. The van der Waals surface area contributed by atoms with E-state index < -0.39 is 10.0 Å². The first-order valence-electron chi connectivity index (χ1n) is 10.5. The number of hydrogen-bond acceptors (Lipinski definition) is 4. The number of rotatable bonds is 9. The fraction of sp³-hybridized carbons (Fsp3) is 0.250. The molecule has 0 saturated carbocycles. The molecule has 0 spiro atoms. The first-order chi connectivity index (χ1) is 15.3. The highest BCUT2D eigenvalue weighted by Crippen LogP contribution is 2.19. The van der Waals surface area contributed by atoms with E-state index in [-0.39, 0.29) is 35.7 Å². The van der Waals surface area contributed by atoms with E-state index in [0.29, 0.717) is 12.1 Å². The number of sulfonamides is 1. The van der Waals surface area contributed by atoms with E-state index in [1.165, 1.54) is 0 Å². The average Bonchev–Trinajstić information content (AvgIpc) is 2.78. The third kappa shape index (κ3) is 6.15.